The molecule has 31 heavy (non-hydrogen) atoms. The van der Waals surface area contributed by atoms with Gasteiger partial charge in [0, 0.05) is 6.07 Å². The van der Waals surface area contributed by atoms with Gasteiger partial charge in [-0.25, -0.2) is 17.6 Å². The van der Waals surface area contributed by atoms with Crippen molar-refractivity contribution in [2.75, 3.05) is 0 Å². The van der Waals surface area contributed by atoms with E-state index in [0.29, 0.717) is 36.8 Å². The summed E-state index contributed by atoms with van der Waals surface area (Å²) in [5.41, 5.74) is -0.730. The highest BCUT2D eigenvalue weighted by atomic mass is 19.4. The largest absolute Gasteiger partial charge is 0.422 e. The van der Waals surface area contributed by atoms with E-state index < -0.39 is 40.9 Å². The third-order valence-electron chi connectivity index (χ3n) is 6.74. The number of fused-ring (bicyclic) bond motifs is 3. The van der Waals surface area contributed by atoms with Gasteiger partial charge < -0.3 is 0 Å². The van der Waals surface area contributed by atoms with Crippen LogP contribution in [0.1, 0.15) is 60.3 Å². The van der Waals surface area contributed by atoms with Crippen LogP contribution in [0, 0.1) is 35.1 Å². The summed E-state index contributed by atoms with van der Waals surface area (Å²) >= 11 is 0. The SMILES string of the molecule is C/C=C/[C@@H]1CC[C@H]2c3cc(F)cc(F)c3CC[C@@H]2[C@H]1c1cc(F)c(C(F)(F)F)c(F)c1. The molecule has 0 aromatic heterocycles. The van der Waals surface area contributed by atoms with Crippen molar-refractivity contribution in [2.45, 2.75) is 50.6 Å². The zero-order valence-corrected chi connectivity index (χ0v) is 16.7. The minimum atomic E-state index is -5.14. The molecule has 2 aromatic rings. The standard InChI is InChI=1S/C24H21F7/c1-2-3-12-4-5-15-17(7-6-16-18(15)10-14(25)11-19(16)26)22(12)13-8-20(27)23(21(28)9-13)24(29,30)31/h2-3,8-12,15,17,22H,4-7H2,1H3/b3-2+/t12-,15-,17+,22-/m1/s1. The highest BCUT2D eigenvalue weighted by molar-refractivity contribution is 5.39. The third-order valence-corrected chi connectivity index (χ3v) is 6.74. The summed E-state index contributed by atoms with van der Waals surface area (Å²) in [4.78, 5) is 0. The molecule has 166 valence electrons. The van der Waals surface area contributed by atoms with Crippen molar-refractivity contribution in [1.82, 2.24) is 0 Å². The van der Waals surface area contributed by atoms with Crippen LogP contribution in [0.25, 0.3) is 0 Å². The second-order valence-corrected chi connectivity index (χ2v) is 8.41. The smallest absolute Gasteiger partial charge is 0.207 e. The van der Waals surface area contributed by atoms with Crippen LogP contribution in [-0.2, 0) is 12.6 Å². The molecule has 1 saturated carbocycles. The van der Waals surface area contributed by atoms with Gasteiger partial charge in [0.2, 0.25) is 0 Å². The van der Waals surface area contributed by atoms with E-state index in [1.54, 1.807) is 6.92 Å². The van der Waals surface area contributed by atoms with E-state index in [9.17, 15) is 30.7 Å². The van der Waals surface area contributed by atoms with Gasteiger partial charge in [-0.15, -0.1) is 0 Å². The van der Waals surface area contributed by atoms with Gasteiger partial charge in [-0.3, -0.25) is 0 Å². The van der Waals surface area contributed by atoms with Crippen molar-refractivity contribution >= 4 is 0 Å². The van der Waals surface area contributed by atoms with Crippen molar-refractivity contribution in [3.63, 3.8) is 0 Å². The molecule has 0 spiro atoms. The lowest BCUT2D eigenvalue weighted by Gasteiger charge is -2.46. The van der Waals surface area contributed by atoms with Crippen LogP contribution in [0.4, 0.5) is 30.7 Å². The van der Waals surface area contributed by atoms with Crippen molar-refractivity contribution in [2.24, 2.45) is 11.8 Å². The first-order valence-electron chi connectivity index (χ1n) is 10.3. The Morgan fingerprint density at radius 1 is 0.871 bits per heavy atom. The molecule has 0 amide bonds. The molecule has 0 aliphatic heterocycles. The Balaban J connectivity index is 1.81. The molecule has 0 radical (unpaired) electrons. The predicted molar refractivity (Wildman–Crippen MR) is 103 cm³/mol. The maximum absolute atomic E-state index is 14.4. The number of hydrogen-bond donors (Lipinski definition) is 0. The first kappa shape index (κ1) is 21.9. The zero-order chi connectivity index (χ0) is 22.5. The lowest BCUT2D eigenvalue weighted by molar-refractivity contribution is -0.142. The van der Waals surface area contributed by atoms with Gasteiger partial charge in [0.05, 0.1) is 0 Å². The van der Waals surface area contributed by atoms with E-state index in [2.05, 4.69) is 0 Å². The average Bonchev–Trinajstić information content (AvgIpc) is 2.65. The molecule has 4 atom stereocenters. The second-order valence-electron chi connectivity index (χ2n) is 8.41. The van der Waals surface area contributed by atoms with Gasteiger partial charge >= 0.3 is 6.18 Å². The molecule has 0 bridgehead atoms. The number of alkyl halides is 3. The normalized spacial score (nSPS) is 26.1. The maximum atomic E-state index is 14.4. The van der Waals surface area contributed by atoms with E-state index in [4.69, 9.17) is 0 Å². The summed E-state index contributed by atoms with van der Waals surface area (Å²) in [7, 11) is 0. The van der Waals surface area contributed by atoms with Crippen molar-refractivity contribution < 1.29 is 30.7 Å². The van der Waals surface area contributed by atoms with Gasteiger partial charge in [0.15, 0.2) is 0 Å². The van der Waals surface area contributed by atoms with E-state index in [1.165, 1.54) is 6.07 Å². The second kappa shape index (κ2) is 7.99. The van der Waals surface area contributed by atoms with Gasteiger partial charge in [-0.05, 0) is 91.2 Å². The molecule has 0 nitrogen and oxygen atoms in total. The van der Waals surface area contributed by atoms with Crippen LogP contribution in [-0.4, -0.2) is 0 Å². The van der Waals surface area contributed by atoms with Crippen LogP contribution in [0.5, 0.6) is 0 Å². The molecule has 2 aromatic carbocycles. The topological polar surface area (TPSA) is 0 Å². The molecule has 0 unspecified atom stereocenters. The van der Waals surface area contributed by atoms with E-state index in [-0.39, 0.29) is 23.3 Å². The van der Waals surface area contributed by atoms with E-state index in [1.807, 2.05) is 12.2 Å². The van der Waals surface area contributed by atoms with Crippen LogP contribution in [0.3, 0.4) is 0 Å². The molecule has 7 heteroatoms. The van der Waals surface area contributed by atoms with Crippen LogP contribution >= 0.6 is 0 Å². The van der Waals surface area contributed by atoms with Gasteiger partial charge in [-0.1, -0.05) is 12.2 Å². The molecule has 4 rings (SSSR count). The molecular formula is C24H21F7. The predicted octanol–water partition coefficient (Wildman–Crippen LogP) is 7.68. The molecular weight excluding hydrogens is 421 g/mol. The highest BCUT2D eigenvalue weighted by Crippen LogP contribution is 2.55. The fraction of sp³-hybridized carbons (Fsp3) is 0.417. The van der Waals surface area contributed by atoms with Gasteiger partial charge in [0.25, 0.3) is 0 Å². The zero-order valence-electron chi connectivity index (χ0n) is 16.7. The van der Waals surface area contributed by atoms with Gasteiger partial charge in [-0.2, -0.15) is 13.2 Å². The Kier molecular flexibility index (Phi) is 5.64. The fourth-order valence-electron chi connectivity index (χ4n) is 5.64. The van der Waals surface area contributed by atoms with Crippen molar-refractivity contribution in [3.8, 4) is 0 Å². The van der Waals surface area contributed by atoms with Crippen LogP contribution in [0.15, 0.2) is 36.4 Å². The summed E-state index contributed by atoms with van der Waals surface area (Å²) in [6.45, 7) is 1.80. The molecule has 2 aliphatic carbocycles. The fourth-order valence-corrected chi connectivity index (χ4v) is 5.64. The molecule has 0 saturated heterocycles. The Labute approximate surface area is 175 Å². The Bertz CT molecular complexity index is 998. The van der Waals surface area contributed by atoms with Crippen LogP contribution < -0.4 is 0 Å². The Hall–Kier alpha value is -2.31. The molecule has 0 N–H and O–H groups in total. The molecule has 1 fully saturated rings. The highest BCUT2D eigenvalue weighted by Gasteiger charge is 2.44. The molecule has 0 heterocycles. The Morgan fingerprint density at radius 3 is 2.16 bits per heavy atom. The van der Waals surface area contributed by atoms with Gasteiger partial charge in [0.1, 0.15) is 28.8 Å². The number of halogens is 7. The summed E-state index contributed by atoms with van der Waals surface area (Å²) in [6, 6.07) is 3.72. The minimum Gasteiger partial charge on any atom is -0.207 e. The van der Waals surface area contributed by atoms with E-state index in [0.717, 1.165) is 18.2 Å². The first-order chi connectivity index (χ1) is 14.6. The lowest BCUT2D eigenvalue weighted by Crippen LogP contribution is -2.35. The quantitative estimate of drug-likeness (QED) is 0.331. The van der Waals surface area contributed by atoms with E-state index >= 15 is 0 Å². The maximum Gasteiger partial charge on any atom is 0.422 e. The number of hydrogen-bond acceptors (Lipinski definition) is 0. The summed E-state index contributed by atoms with van der Waals surface area (Å²) in [6.07, 6.45) is 0.649. The lowest BCUT2D eigenvalue weighted by atomic mass is 9.58. The molecule has 2 aliphatic rings. The number of benzene rings is 2. The summed E-state index contributed by atoms with van der Waals surface area (Å²) in [5, 5.41) is 0. The number of rotatable bonds is 2. The summed E-state index contributed by atoms with van der Waals surface area (Å²) in [5.74, 6) is -5.59. The monoisotopic (exact) mass is 442 g/mol. The van der Waals surface area contributed by atoms with Crippen molar-refractivity contribution in [1.29, 1.82) is 0 Å². The summed E-state index contributed by atoms with van der Waals surface area (Å²) < 4.78 is 96.1. The van der Waals surface area contributed by atoms with Crippen LogP contribution in [0.2, 0.25) is 0 Å². The van der Waals surface area contributed by atoms with Crippen molar-refractivity contribution in [3.05, 3.63) is 81.9 Å². The average molecular weight is 442 g/mol. The Morgan fingerprint density at radius 2 is 1.55 bits per heavy atom. The number of allylic oxidation sites excluding steroid dienone is 2. The third kappa shape index (κ3) is 3.87. The first-order valence-corrected chi connectivity index (χ1v) is 10.3. The minimum absolute atomic E-state index is 0.137.